The molecule has 1 N–H and O–H groups in total. The number of rotatable bonds is 9. The first-order valence-electron chi connectivity index (χ1n) is 8.00. The molecule has 0 atom stereocenters. The molecule has 0 fully saturated rings. The van der Waals surface area contributed by atoms with E-state index in [0.717, 1.165) is 12.8 Å². The van der Waals surface area contributed by atoms with Crippen molar-refractivity contribution in [3.63, 3.8) is 0 Å². The molecule has 0 spiro atoms. The molecule has 0 rings (SSSR count). The Morgan fingerprint density at radius 3 is 1.76 bits per heavy atom. The van der Waals surface area contributed by atoms with Crippen LogP contribution in [0.25, 0.3) is 0 Å². The van der Waals surface area contributed by atoms with Gasteiger partial charge >= 0.3 is 12.0 Å². The van der Waals surface area contributed by atoms with Crippen LogP contribution in [-0.2, 0) is 4.79 Å². The van der Waals surface area contributed by atoms with Crippen LogP contribution in [0.3, 0.4) is 0 Å². The summed E-state index contributed by atoms with van der Waals surface area (Å²) in [6, 6.07) is 0.0249. The minimum atomic E-state index is -0.960. The zero-order valence-corrected chi connectivity index (χ0v) is 14.4. The van der Waals surface area contributed by atoms with E-state index in [9.17, 15) is 9.59 Å². The number of carboxylic acid groups (broad SMARTS) is 1. The van der Waals surface area contributed by atoms with Crippen LogP contribution in [0.15, 0.2) is 0 Å². The van der Waals surface area contributed by atoms with Crippen molar-refractivity contribution < 1.29 is 14.7 Å². The number of carbonyl (C=O) groups excluding carboxylic acids is 1. The minimum absolute atomic E-state index is 0.145. The summed E-state index contributed by atoms with van der Waals surface area (Å²) in [5.74, 6) is -0.353. The maximum absolute atomic E-state index is 12.8. The molecule has 0 aromatic rings. The predicted octanol–water partition coefficient (Wildman–Crippen LogP) is 3.30. The van der Waals surface area contributed by atoms with E-state index in [1.807, 2.05) is 18.7 Å². The number of hydrogen-bond donors (Lipinski definition) is 1. The number of carbonyl (C=O) groups is 2. The number of nitrogens with zero attached hydrogens (tertiary/aromatic N) is 2. The Hall–Kier alpha value is -1.26. The molecule has 2 amide bonds. The molecule has 0 bridgehead atoms. The van der Waals surface area contributed by atoms with Gasteiger partial charge in [0, 0.05) is 19.1 Å². The molecule has 0 radical (unpaired) electrons. The highest BCUT2D eigenvalue weighted by Gasteiger charge is 2.28. The van der Waals surface area contributed by atoms with Crippen LogP contribution in [0.1, 0.15) is 54.4 Å². The summed E-state index contributed by atoms with van der Waals surface area (Å²) in [5.41, 5.74) is 0. The van der Waals surface area contributed by atoms with Gasteiger partial charge < -0.3 is 14.9 Å². The van der Waals surface area contributed by atoms with E-state index in [2.05, 4.69) is 27.7 Å². The molecule has 0 aliphatic rings. The Kier molecular flexibility index (Phi) is 9.06. The molecule has 0 saturated carbocycles. The fourth-order valence-electron chi connectivity index (χ4n) is 2.50. The SMILES string of the molecule is CCC(CC)N(CC(C)C)C(=O)N(CC(=O)O)CC(C)C. The first kappa shape index (κ1) is 19.7. The van der Waals surface area contributed by atoms with E-state index in [-0.39, 0.29) is 24.5 Å². The summed E-state index contributed by atoms with van der Waals surface area (Å²) in [7, 11) is 0. The zero-order chi connectivity index (χ0) is 16.6. The molecule has 0 saturated heterocycles. The molecule has 0 aliphatic heterocycles. The number of urea groups is 1. The third-order valence-electron chi connectivity index (χ3n) is 3.37. The van der Waals surface area contributed by atoms with Gasteiger partial charge in [-0.15, -0.1) is 0 Å². The predicted molar refractivity (Wildman–Crippen MR) is 85.4 cm³/mol. The highest BCUT2D eigenvalue weighted by atomic mass is 16.4. The number of hydrogen-bond acceptors (Lipinski definition) is 2. The third-order valence-corrected chi connectivity index (χ3v) is 3.37. The molecule has 124 valence electrons. The van der Waals surface area contributed by atoms with Crippen LogP contribution in [0, 0.1) is 11.8 Å². The van der Waals surface area contributed by atoms with Gasteiger partial charge in [0.05, 0.1) is 0 Å². The van der Waals surface area contributed by atoms with Gasteiger partial charge in [0.2, 0.25) is 0 Å². The van der Waals surface area contributed by atoms with Gasteiger partial charge in [-0.1, -0.05) is 41.5 Å². The molecule has 0 unspecified atom stereocenters. The van der Waals surface area contributed by atoms with Crippen LogP contribution in [0.5, 0.6) is 0 Å². The lowest BCUT2D eigenvalue weighted by molar-refractivity contribution is -0.137. The summed E-state index contributed by atoms with van der Waals surface area (Å²) in [6.07, 6.45) is 1.77. The number of amides is 2. The summed E-state index contributed by atoms with van der Waals surface area (Å²) in [5, 5.41) is 9.05. The maximum Gasteiger partial charge on any atom is 0.323 e. The summed E-state index contributed by atoms with van der Waals surface area (Å²) in [4.78, 5) is 27.2. The van der Waals surface area contributed by atoms with Gasteiger partial charge in [0.25, 0.3) is 0 Å². The van der Waals surface area contributed by atoms with Crippen molar-refractivity contribution in [1.29, 1.82) is 0 Å². The lowest BCUT2D eigenvalue weighted by Gasteiger charge is -2.36. The molecule has 0 aromatic heterocycles. The Morgan fingerprint density at radius 1 is 0.952 bits per heavy atom. The van der Waals surface area contributed by atoms with Crippen molar-refractivity contribution in [2.45, 2.75) is 60.4 Å². The molecular weight excluding hydrogens is 268 g/mol. The highest BCUT2D eigenvalue weighted by molar-refractivity contribution is 5.80. The second-order valence-electron chi connectivity index (χ2n) is 6.47. The first-order valence-corrected chi connectivity index (χ1v) is 8.00. The van der Waals surface area contributed by atoms with E-state index < -0.39 is 5.97 Å². The Morgan fingerprint density at radius 2 is 1.43 bits per heavy atom. The van der Waals surface area contributed by atoms with Gasteiger partial charge in [-0.3, -0.25) is 4.79 Å². The maximum atomic E-state index is 12.8. The van der Waals surface area contributed by atoms with Gasteiger partial charge in [-0.2, -0.15) is 0 Å². The monoisotopic (exact) mass is 300 g/mol. The molecule has 0 heterocycles. The fraction of sp³-hybridized carbons (Fsp3) is 0.875. The van der Waals surface area contributed by atoms with E-state index in [1.54, 1.807) is 0 Å². The summed E-state index contributed by atoms with van der Waals surface area (Å²) in [6.45, 7) is 13.2. The van der Waals surface area contributed by atoms with Crippen LogP contribution >= 0.6 is 0 Å². The highest BCUT2D eigenvalue weighted by Crippen LogP contribution is 2.15. The molecule has 21 heavy (non-hydrogen) atoms. The summed E-state index contributed by atoms with van der Waals surface area (Å²) >= 11 is 0. The van der Waals surface area contributed by atoms with Gasteiger partial charge in [-0.05, 0) is 24.7 Å². The van der Waals surface area contributed by atoms with Crippen molar-refractivity contribution in [3.05, 3.63) is 0 Å². The molecule has 0 aromatic carbocycles. The van der Waals surface area contributed by atoms with Gasteiger partial charge in [0.1, 0.15) is 6.54 Å². The van der Waals surface area contributed by atoms with Crippen LogP contribution in [-0.4, -0.2) is 52.6 Å². The van der Waals surface area contributed by atoms with Gasteiger partial charge in [0.15, 0.2) is 0 Å². The average molecular weight is 300 g/mol. The Bertz CT molecular complexity index is 325. The Balaban J connectivity index is 5.20. The smallest absolute Gasteiger partial charge is 0.323 e. The lowest BCUT2D eigenvalue weighted by atomic mass is 10.1. The average Bonchev–Trinajstić information content (AvgIpc) is 2.35. The van der Waals surface area contributed by atoms with E-state index in [0.29, 0.717) is 19.0 Å². The van der Waals surface area contributed by atoms with E-state index >= 15 is 0 Å². The van der Waals surface area contributed by atoms with E-state index in [4.69, 9.17) is 5.11 Å². The lowest BCUT2D eigenvalue weighted by Crippen LogP contribution is -2.51. The van der Waals surface area contributed by atoms with Crippen molar-refractivity contribution in [2.75, 3.05) is 19.6 Å². The van der Waals surface area contributed by atoms with Crippen molar-refractivity contribution in [3.8, 4) is 0 Å². The summed E-state index contributed by atoms with van der Waals surface area (Å²) < 4.78 is 0. The van der Waals surface area contributed by atoms with Crippen molar-refractivity contribution in [2.24, 2.45) is 11.8 Å². The van der Waals surface area contributed by atoms with Crippen LogP contribution in [0.2, 0.25) is 0 Å². The second-order valence-corrected chi connectivity index (χ2v) is 6.47. The fourth-order valence-corrected chi connectivity index (χ4v) is 2.50. The molecule has 5 heteroatoms. The normalized spacial score (nSPS) is 11.3. The molecular formula is C16H32N2O3. The quantitative estimate of drug-likeness (QED) is 0.710. The largest absolute Gasteiger partial charge is 0.480 e. The number of carboxylic acids is 1. The van der Waals surface area contributed by atoms with Gasteiger partial charge in [-0.25, -0.2) is 4.79 Å². The van der Waals surface area contributed by atoms with Crippen molar-refractivity contribution in [1.82, 2.24) is 9.80 Å². The first-order chi connectivity index (χ1) is 9.72. The van der Waals surface area contributed by atoms with Crippen molar-refractivity contribution >= 4 is 12.0 Å². The standard InChI is InChI=1S/C16H32N2O3/c1-7-14(8-2)18(10-13(5)6)16(21)17(9-12(3)4)11-15(19)20/h12-14H,7-11H2,1-6H3,(H,19,20). The number of aliphatic carboxylic acids is 1. The second kappa shape index (κ2) is 9.64. The van der Waals surface area contributed by atoms with Crippen LogP contribution in [0.4, 0.5) is 4.79 Å². The third kappa shape index (κ3) is 7.34. The zero-order valence-electron chi connectivity index (χ0n) is 14.4. The Labute approximate surface area is 129 Å². The topological polar surface area (TPSA) is 60.9 Å². The molecule has 5 nitrogen and oxygen atoms in total. The van der Waals surface area contributed by atoms with E-state index in [1.165, 1.54) is 4.90 Å². The van der Waals surface area contributed by atoms with Crippen LogP contribution < -0.4 is 0 Å². The molecule has 0 aliphatic carbocycles. The minimum Gasteiger partial charge on any atom is -0.480 e.